The summed E-state index contributed by atoms with van der Waals surface area (Å²) in [5.74, 6) is -0.535. The van der Waals surface area contributed by atoms with Gasteiger partial charge in [0.1, 0.15) is 5.69 Å². The molecule has 0 aromatic carbocycles. The van der Waals surface area contributed by atoms with Crippen molar-refractivity contribution >= 4 is 28.8 Å². The van der Waals surface area contributed by atoms with E-state index in [0.717, 1.165) is 4.88 Å². The van der Waals surface area contributed by atoms with Crippen LogP contribution >= 0.6 is 11.3 Å². The standard InChI is InChI=1S/C17H19N3O4S/c1-11-3-4-14(25-11)15(21)18-13-9-12(10-19(2)17(13)23)16(22)20-5-7-24-8-6-20/h3-4,9-10H,5-8H2,1-2H3,(H,18,21). The highest BCUT2D eigenvalue weighted by molar-refractivity contribution is 7.14. The fraction of sp³-hybridized carbons (Fsp3) is 0.353. The summed E-state index contributed by atoms with van der Waals surface area (Å²) in [6.07, 6.45) is 1.49. The Bertz CT molecular complexity index is 865. The molecule has 0 bridgehead atoms. The van der Waals surface area contributed by atoms with Gasteiger partial charge in [0, 0.05) is 31.2 Å². The average Bonchev–Trinajstić information content (AvgIpc) is 3.05. The molecule has 7 nitrogen and oxygen atoms in total. The average molecular weight is 361 g/mol. The van der Waals surface area contributed by atoms with Crippen LogP contribution in [-0.2, 0) is 11.8 Å². The Labute approximate surface area is 148 Å². The number of carbonyl (C=O) groups excluding carboxylic acids is 2. The number of pyridine rings is 1. The number of amides is 2. The first-order valence-corrected chi connectivity index (χ1v) is 8.73. The lowest BCUT2D eigenvalue weighted by molar-refractivity contribution is 0.0302. The minimum absolute atomic E-state index is 0.0951. The molecule has 1 aliphatic rings. The molecule has 3 rings (SSSR count). The molecule has 2 amide bonds. The van der Waals surface area contributed by atoms with Gasteiger partial charge in [-0.1, -0.05) is 0 Å². The number of nitrogens with one attached hydrogen (secondary N) is 1. The van der Waals surface area contributed by atoms with Crippen molar-refractivity contribution in [2.75, 3.05) is 31.6 Å². The van der Waals surface area contributed by atoms with Crippen LogP contribution in [0, 0.1) is 6.92 Å². The first kappa shape index (κ1) is 17.4. The second-order valence-electron chi connectivity index (χ2n) is 5.83. The van der Waals surface area contributed by atoms with Crippen LogP contribution in [-0.4, -0.2) is 47.6 Å². The van der Waals surface area contributed by atoms with Gasteiger partial charge in [0.2, 0.25) is 0 Å². The molecule has 0 radical (unpaired) electrons. The lowest BCUT2D eigenvalue weighted by Gasteiger charge is -2.27. The number of ether oxygens (including phenoxy) is 1. The summed E-state index contributed by atoms with van der Waals surface area (Å²) in [6.45, 7) is 3.93. The van der Waals surface area contributed by atoms with Crippen LogP contribution in [0.15, 0.2) is 29.2 Å². The fourth-order valence-corrected chi connectivity index (χ4v) is 3.37. The molecule has 132 valence electrons. The van der Waals surface area contributed by atoms with Crippen molar-refractivity contribution in [1.29, 1.82) is 0 Å². The zero-order valence-electron chi connectivity index (χ0n) is 14.1. The number of aryl methyl sites for hydroxylation is 2. The van der Waals surface area contributed by atoms with Gasteiger partial charge in [0.15, 0.2) is 0 Å². The number of rotatable bonds is 3. The molecule has 2 aromatic heterocycles. The first-order chi connectivity index (χ1) is 12.0. The van der Waals surface area contributed by atoms with E-state index in [9.17, 15) is 14.4 Å². The van der Waals surface area contributed by atoms with E-state index in [1.165, 1.54) is 28.2 Å². The number of thiophene rings is 1. The highest BCUT2D eigenvalue weighted by atomic mass is 32.1. The fourth-order valence-electron chi connectivity index (χ4n) is 2.61. The van der Waals surface area contributed by atoms with Crippen LogP contribution in [0.4, 0.5) is 5.69 Å². The van der Waals surface area contributed by atoms with E-state index in [0.29, 0.717) is 36.7 Å². The van der Waals surface area contributed by atoms with Gasteiger partial charge in [-0.25, -0.2) is 0 Å². The van der Waals surface area contributed by atoms with Crippen LogP contribution in [0.3, 0.4) is 0 Å². The van der Waals surface area contributed by atoms with Gasteiger partial charge in [-0.2, -0.15) is 0 Å². The predicted octanol–water partition coefficient (Wildman–Crippen LogP) is 1.48. The smallest absolute Gasteiger partial charge is 0.274 e. The Morgan fingerprint density at radius 3 is 2.60 bits per heavy atom. The van der Waals surface area contributed by atoms with Gasteiger partial charge >= 0.3 is 0 Å². The Morgan fingerprint density at radius 2 is 1.96 bits per heavy atom. The SMILES string of the molecule is Cc1ccc(C(=O)Nc2cc(C(=O)N3CCOCC3)cn(C)c2=O)s1. The minimum Gasteiger partial charge on any atom is -0.378 e. The molecule has 1 fully saturated rings. The van der Waals surface area contributed by atoms with Crippen molar-refractivity contribution in [3.63, 3.8) is 0 Å². The van der Waals surface area contributed by atoms with E-state index in [2.05, 4.69) is 5.32 Å². The predicted molar refractivity (Wildman–Crippen MR) is 95.4 cm³/mol. The number of aromatic nitrogens is 1. The number of anilines is 1. The molecule has 0 spiro atoms. The maximum Gasteiger partial charge on any atom is 0.274 e. The maximum absolute atomic E-state index is 12.6. The van der Waals surface area contributed by atoms with Crippen molar-refractivity contribution < 1.29 is 14.3 Å². The summed E-state index contributed by atoms with van der Waals surface area (Å²) in [4.78, 5) is 40.4. The number of hydrogen-bond donors (Lipinski definition) is 1. The lowest BCUT2D eigenvalue weighted by atomic mass is 10.2. The summed E-state index contributed by atoms with van der Waals surface area (Å²) in [6, 6.07) is 5.00. The minimum atomic E-state index is -0.361. The van der Waals surface area contributed by atoms with Crippen molar-refractivity contribution in [2.24, 2.45) is 7.05 Å². The number of hydrogen-bond acceptors (Lipinski definition) is 5. The molecule has 0 unspecified atom stereocenters. The summed E-state index contributed by atoms with van der Waals surface area (Å²) in [7, 11) is 1.56. The normalized spacial score (nSPS) is 14.4. The Morgan fingerprint density at radius 1 is 1.24 bits per heavy atom. The van der Waals surface area contributed by atoms with Crippen LogP contribution in [0.1, 0.15) is 24.9 Å². The monoisotopic (exact) mass is 361 g/mol. The molecular weight excluding hydrogens is 342 g/mol. The van der Waals surface area contributed by atoms with Gasteiger partial charge < -0.3 is 19.5 Å². The number of carbonyl (C=O) groups is 2. The van der Waals surface area contributed by atoms with E-state index < -0.39 is 0 Å². The molecule has 8 heteroatoms. The summed E-state index contributed by atoms with van der Waals surface area (Å²) >= 11 is 1.35. The van der Waals surface area contributed by atoms with Crippen LogP contribution in [0.5, 0.6) is 0 Å². The van der Waals surface area contributed by atoms with Crippen molar-refractivity contribution in [3.05, 3.63) is 50.1 Å². The third-order valence-electron chi connectivity index (χ3n) is 3.94. The maximum atomic E-state index is 12.6. The molecule has 1 aliphatic heterocycles. The summed E-state index contributed by atoms with van der Waals surface area (Å²) < 4.78 is 6.56. The van der Waals surface area contributed by atoms with Crippen molar-refractivity contribution in [3.8, 4) is 0 Å². The van der Waals surface area contributed by atoms with Gasteiger partial charge in [-0.15, -0.1) is 11.3 Å². The molecule has 1 N–H and O–H groups in total. The third kappa shape index (κ3) is 3.80. The van der Waals surface area contributed by atoms with Gasteiger partial charge in [-0.3, -0.25) is 14.4 Å². The Hall–Kier alpha value is -2.45. The highest BCUT2D eigenvalue weighted by Gasteiger charge is 2.21. The molecule has 3 heterocycles. The zero-order valence-corrected chi connectivity index (χ0v) is 14.9. The van der Waals surface area contributed by atoms with Crippen LogP contribution in [0.25, 0.3) is 0 Å². The largest absolute Gasteiger partial charge is 0.378 e. The van der Waals surface area contributed by atoms with E-state index in [1.54, 1.807) is 18.0 Å². The Balaban J connectivity index is 1.86. The van der Waals surface area contributed by atoms with Crippen molar-refractivity contribution in [1.82, 2.24) is 9.47 Å². The highest BCUT2D eigenvalue weighted by Crippen LogP contribution is 2.17. The summed E-state index contributed by atoms with van der Waals surface area (Å²) in [5, 5.41) is 2.62. The van der Waals surface area contributed by atoms with Gasteiger partial charge in [0.25, 0.3) is 17.4 Å². The molecule has 1 saturated heterocycles. The van der Waals surface area contributed by atoms with E-state index >= 15 is 0 Å². The Kier molecular flexibility index (Phi) is 5.00. The topological polar surface area (TPSA) is 80.6 Å². The molecule has 0 aliphatic carbocycles. The van der Waals surface area contributed by atoms with Gasteiger partial charge in [0.05, 0.1) is 23.7 Å². The zero-order chi connectivity index (χ0) is 18.0. The van der Waals surface area contributed by atoms with Crippen LogP contribution in [0.2, 0.25) is 0 Å². The van der Waals surface area contributed by atoms with Crippen LogP contribution < -0.4 is 10.9 Å². The van der Waals surface area contributed by atoms with E-state index in [1.807, 2.05) is 13.0 Å². The lowest BCUT2D eigenvalue weighted by Crippen LogP contribution is -2.41. The molecule has 2 aromatic rings. The number of nitrogens with zero attached hydrogens (tertiary/aromatic N) is 2. The molecular formula is C17H19N3O4S. The molecule has 0 atom stereocenters. The molecule has 0 saturated carbocycles. The van der Waals surface area contributed by atoms with Crippen molar-refractivity contribution in [2.45, 2.75) is 6.92 Å². The van der Waals surface area contributed by atoms with E-state index in [-0.39, 0.29) is 23.1 Å². The van der Waals surface area contributed by atoms with E-state index in [4.69, 9.17) is 4.74 Å². The second kappa shape index (κ2) is 7.20. The molecule has 25 heavy (non-hydrogen) atoms. The quantitative estimate of drug-likeness (QED) is 0.898. The third-order valence-corrected chi connectivity index (χ3v) is 4.94. The summed E-state index contributed by atoms with van der Waals surface area (Å²) in [5.41, 5.74) is 0.0967. The van der Waals surface area contributed by atoms with Gasteiger partial charge in [-0.05, 0) is 25.1 Å². The second-order valence-corrected chi connectivity index (χ2v) is 7.12. The first-order valence-electron chi connectivity index (χ1n) is 7.91. The number of morpholine rings is 1.